The van der Waals surface area contributed by atoms with Crippen molar-refractivity contribution in [1.29, 1.82) is 5.26 Å². The van der Waals surface area contributed by atoms with Crippen LogP contribution in [0.5, 0.6) is 0 Å². The lowest BCUT2D eigenvalue weighted by molar-refractivity contribution is 0.0789. The van der Waals surface area contributed by atoms with Crippen molar-refractivity contribution in [1.82, 2.24) is 9.80 Å². The molecule has 1 aromatic rings. The van der Waals surface area contributed by atoms with E-state index in [0.717, 1.165) is 39.0 Å². The predicted octanol–water partition coefficient (Wildman–Crippen LogP) is 1.29. The maximum absolute atomic E-state index is 9.70. The second-order valence-electron chi connectivity index (χ2n) is 5.56. The second-order valence-corrected chi connectivity index (χ2v) is 5.56. The molecule has 1 aliphatic heterocycles. The van der Waals surface area contributed by atoms with Gasteiger partial charge in [0.15, 0.2) is 0 Å². The first kappa shape index (κ1) is 11.7. The molecule has 94 valence electrons. The fourth-order valence-corrected chi connectivity index (χ4v) is 3.20. The highest BCUT2D eigenvalue weighted by Crippen LogP contribution is 2.34. The van der Waals surface area contributed by atoms with Crippen molar-refractivity contribution in [2.45, 2.75) is 18.4 Å². The number of fused-ring (bicyclic) bond motifs is 1. The summed E-state index contributed by atoms with van der Waals surface area (Å²) in [5, 5.41) is 9.70. The van der Waals surface area contributed by atoms with Gasteiger partial charge in [-0.3, -0.25) is 4.90 Å². The Balaban J connectivity index is 1.84. The van der Waals surface area contributed by atoms with E-state index in [1.54, 1.807) is 0 Å². The predicted molar refractivity (Wildman–Crippen MR) is 71.3 cm³/mol. The van der Waals surface area contributed by atoms with E-state index in [4.69, 9.17) is 0 Å². The summed E-state index contributed by atoms with van der Waals surface area (Å²) in [5.74, 6) is 0. The molecular weight excluding hydrogens is 222 g/mol. The molecule has 1 aromatic carbocycles. The van der Waals surface area contributed by atoms with Gasteiger partial charge in [-0.25, -0.2) is 0 Å². The lowest BCUT2D eigenvalue weighted by Gasteiger charge is -2.41. The molecule has 1 fully saturated rings. The van der Waals surface area contributed by atoms with Crippen molar-refractivity contribution in [3.8, 4) is 6.07 Å². The zero-order valence-electron chi connectivity index (χ0n) is 10.9. The summed E-state index contributed by atoms with van der Waals surface area (Å²) in [6.45, 7) is 4.16. The lowest BCUT2D eigenvalue weighted by Crippen LogP contribution is -2.56. The second kappa shape index (κ2) is 4.38. The Morgan fingerprint density at radius 1 is 1.06 bits per heavy atom. The number of hydrogen-bond donors (Lipinski definition) is 0. The molecule has 0 bridgehead atoms. The Kier molecular flexibility index (Phi) is 2.85. The summed E-state index contributed by atoms with van der Waals surface area (Å²) in [4.78, 5) is 4.73. The van der Waals surface area contributed by atoms with Crippen LogP contribution in [0.1, 0.15) is 11.1 Å². The first-order chi connectivity index (χ1) is 8.73. The average molecular weight is 241 g/mol. The fraction of sp³-hybridized carbons (Fsp3) is 0.533. The van der Waals surface area contributed by atoms with E-state index in [1.165, 1.54) is 11.1 Å². The van der Waals surface area contributed by atoms with E-state index in [0.29, 0.717) is 0 Å². The topological polar surface area (TPSA) is 30.3 Å². The van der Waals surface area contributed by atoms with Crippen LogP contribution in [0.3, 0.4) is 0 Å². The Labute approximate surface area is 109 Å². The highest BCUT2D eigenvalue weighted by Gasteiger charge is 2.43. The van der Waals surface area contributed by atoms with Crippen LogP contribution < -0.4 is 0 Å². The van der Waals surface area contributed by atoms with Crippen molar-refractivity contribution in [2.24, 2.45) is 0 Å². The third kappa shape index (κ3) is 1.82. The Morgan fingerprint density at radius 2 is 1.61 bits per heavy atom. The molecule has 18 heavy (non-hydrogen) atoms. The van der Waals surface area contributed by atoms with Crippen LogP contribution in [0.2, 0.25) is 0 Å². The van der Waals surface area contributed by atoms with Crippen LogP contribution in [0.15, 0.2) is 24.3 Å². The van der Waals surface area contributed by atoms with E-state index in [2.05, 4.69) is 47.2 Å². The molecule has 1 saturated heterocycles. The molecule has 3 heteroatoms. The summed E-state index contributed by atoms with van der Waals surface area (Å²) in [5.41, 5.74) is 2.43. The van der Waals surface area contributed by atoms with Crippen LogP contribution in [-0.2, 0) is 12.8 Å². The smallest absolute Gasteiger partial charge is 0.117 e. The van der Waals surface area contributed by atoms with Gasteiger partial charge in [0.25, 0.3) is 0 Å². The molecule has 2 aliphatic rings. The zero-order chi connectivity index (χ0) is 12.6. The highest BCUT2D eigenvalue weighted by molar-refractivity contribution is 5.40. The summed E-state index contributed by atoms with van der Waals surface area (Å²) in [6, 6.07) is 11.1. The number of nitrogens with zero attached hydrogens (tertiary/aromatic N) is 3. The number of nitriles is 1. The monoisotopic (exact) mass is 241 g/mol. The Morgan fingerprint density at radius 3 is 2.11 bits per heavy atom. The number of hydrogen-bond acceptors (Lipinski definition) is 3. The minimum Gasteiger partial charge on any atom is -0.304 e. The Hall–Kier alpha value is -1.37. The molecule has 1 heterocycles. The number of rotatable bonds is 1. The standard InChI is InChI=1S/C15H19N3/c1-17-6-8-18(9-7-17)15(12-16)10-13-4-2-3-5-14(13)11-15/h2-5H,6-11H2,1H3. The average Bonchev–Trinajstić information content (AvgIpc) is 2.79. The fourth-order valence-electron chi connectivity index (χ4n) is 3.20. The van der Waals surface area contributed by atoms with Crippen LogP contribution in [-0.4, -0.2) is 48.6 Å². The van der Waals surface area contributed by atoms with E-state index >= 15 is 0 Å². The molecule has 0 radical (unpaired) electrons. The Bertz CT molecular complexity index is 456. The normalized spacial score (nSPS) is 23.6. The lowest BCUT2D eigenvalue weighted by atomic mass is 9.94. The van der Waals surface area contributed by atoms with Gasteiger partial charge in [0, 0.05) is 39.0 Å². The van der Waals surface area contributed by atoms with Gasteiger partial charge in [-0.2, -0.15) is 5.26 Å². The SMILES string of the molecule is CN1CCN(C2(C#N)Cc3ccccc3C2)CC1. The van der Waals surface area contributed by atoms with E-state index in [9.17, 15) is 5.26 Å². The van der Waals surface area contributed by atoms with Gasteiger partial charge in [0.2, 0.25) is 0 Å². The molecule has 0 saturated carbocycles. The quantitative estimate of drug-likeness (QED) is 0.742. The van der Waals surface area contributed by atoms with Crippen molar-refractivity contribution in [2.75, 3.05) is 33.2 Å². The minimum atomic E-state index is -0.287. The molecule has 1 aliphatic carbocycles. The minimum absolute atomic E-state index is 0.287. The van der Waals surface area contributed by atoms with Crippen LogP contribution in [0, 0.1) is 11.3 Å². The largest absolute Gasteiger partial charge is 0.304 e. The zero-order valence-corrected chi connectivity index (χ0v) is 10.9. The number of piperazine rings is 1. The van der Waals surface area contributed by atoms with Gasteiger partial charge in [-0.15, -0.1) is 0 Å². The van der Waals surface area contributed by atoms with Crippen molar-refractivity contribution in [3.63, 3.8) is 0 Å². The number of benzene rings is 1. The van der Waals surface area contributed by atoms with Crippen molar-refractivity contribution in [3.05, 3.63) is 35.4 Å². The van der Waals surface area contributed by atoms with E-state index < -0.39 is 0 Å². The van der Waals surface area contributed by atoms with Gasteiger partial charge < -0.3 is 4.90 Å². The van der Waals surface area contributed by atoms with Crippen LogP contribution in [0.4, 0.5) is 0 Å². The molecule has 0 atom stereocenters. The maximum Gasteiger partial charge on any atom is 0.117 e. The third-order valence-electron chi connectivity index (χ3n) is 4.40. The van der Waals surface area contributed by atoms with E-state index in [1.807, 2.05) is 0 Å². The van der Waals surface area contributed by atoms with Crippen molar-refractivity contribution >= 4 is 0 Å². The molecule has 0 N–H and O–H groups in total. The molecule has 0 spiro atoms. The first-order valence-electron chi connectivity index (χ1n) is 6.65. The highest BCUT2D eigenvalue weighted by atomic mass is 15.3. The molecule has 3 nitrogen and oxygen atoms in total. The third-order valence-corrected chi connectivity index (χ3v) is 4.40. The summed E-state index contributed by atoms with van der Waals surface area (Å²) >= 11 is 0. The summed E-state index contributed by atoms with van der Waals surface area (Å²) in [7, 11) is 2.15. The first-order valence-corrected chi connectivity index (χ1v) is 6.65. The van der Waals surface area contributed by atoms with E-state index in [-0.39, 0.29) is 5.54 Å². The summed E-state index contributed by atoms with van der Waals surface area (Å²) < 4.78 is 0. The van der Waals surface area contributed by atoms with Crippen LogP contribution >= 0.6 is 0 Å². The van der Waals surface area contributed by atoms with Gasteiger partial charge in [-0.05, 0) is 18.2 Å². The molecular formula is C15H19N3. The molecule has 0 amide bonds. The molecule has 0 aromatic heterocycles. The summed E-state index contributed by atoms with van der Waals surface area (Å²) in [6.07, 6.45) is 1.78. The van der Waals surface area contributed by atoms with Crippen LogP contribution in [0.25, 0.3) is 0 Å². The molecule has 0 unspecified atom stereocenters. The van der Waals surface area contributed by atoms with Gasteiger partial charge in [0.05, 0.1) is 6.07 Å². The number of likely N-dealkylation sites (N-methyl/N-ethyl adjacent to an activating group) is 1. The van der Waals surface area contributed by atoms with Gasteiger partial charge >= 0.3 is 0 Å². The van der Waals surface area contributed by atoms with Gasteiger partial charge in [0.1, 0.15) is 5.54 Å². The van der Waals surface area contributed by atoms with Crippen molar-refractivity contribution < 1.29 is 0 Å². The maximum atomic E-state index is 9.70. The molecule has 3 rings (SSSR count). The van der Waals surface area contributed by atoms with Gasteiger partial charge in [-0.1, -0.05) is 24.3 Å².